The zero-order valence-electron chi connectivity index (χ0n) is 9.52. The van der Waals surface area contributed by atoms with Crippen molar-refractivity contribution < 1.29 is 9.53 Å². The van der Waals surface area contributed by atoms with Crippen molar-refractivity contribution in [2.45, 2.75) is 44.8 Å². The first-order chi connectivity index (χ1) is 7.28. The SMILES string of the molecule is CC1CCC(CN2CCCC(C=O)C2)O1. The molecule has 0 aromatic heterocycles. The van der Waals surface area contributed by atoms with Crippen LogP contribution in [0, 0.1) is 5.92 Å². The van der Waals surface area contributed by atoms with Crippen molar-refractivity contribution in [3.8, 4) is 0 Å². The third-order valence-electron chi connectivity index (χ3n) is 3.52. The number of ether oxygens (including phenoxy) is 1. The lowest BCUT2D eigenvalue weighted by Gasteiger charge is -2.31. The first-order valence-electron chi connectivity index (χ1n) is 6.11. The monoisotopic (exact) mass is 211 g/mol. The summed E-state index contributed by atoms with van der Waals surface area (Å²) in [7, 11) is 0. The molecule has 0 aromatic rings. The second-order valence-corrected chi connectivity index (χ2v) is 4.94. The summed E-state index contributed by atoms with van der Waals surface area (Å²) >= 11 is 0. The summed E-state index contributed by atoms with van der Waals surface area (Å²) in [6, 6.07) is 0. The Hall–Kier alpha value is -0.410. The number of hydrogen-bond donors (Lipinski definition) is 0. The molecule has 86 valence electrons. The molecular weight excluding hydrogens is 190 g/mol. The molecular formula is C12H21NO2. The van der Waals surface area contributed by atoms with Crippen LogP contribution in [0.4, 0.5) is 0 Å². The third-order valence-corrected chi connectivity index (χ3v) is 3.52. The molecule has 0 spiro atoms. The van der Waals surface area contributed by atoms with Crippen LogP contribution < -0.4 is 0 Å². The standard InChI is InChI=1S/C12H21NO2/c1-10-4-5-12(15-10)8-13-6-2-3-11(7-13)9-14/h9-12H,2-8H2,1H3. The predicted molar refractivity (Wildman–Crippen MR) is 58.8 cm³/mol. The van der Waals surface area contributed by atoms with E-state index < -0.39 is 0 Å². The average molecular weight is 211 g/mol. The van der Waals surface area contributed by atoms with Gasteiger partial charge in [-0.2, -0.15) is 0 Å². The minimum absolute atomic E-state index is 0.262. The zero-order chi connectivity index (χ0) is 10.7. The van der Waals surface area contributed by atoms with E-state index in [1.165, 1.54) is 12.8 Å². The Kier molecular flexibility index (Phi) is 3.76. The molecule has 0 saturated carbocycles. The molecule has 0 radical (unpaired) electrons. The Morgan fingerprint density at radius 3 is 2.93 bits per heavy atom. The summed E-state index contributed by atoms with van der Waals surface area (Å²) in [4.78, 5) is 13.1. The maximum atomic E-state index is 10.7. The van der Waals surface area contributed by atoms with Gasteiger partial charge in [0, 0.05) is 19.0 Å². The van der Waals surface area contributed by atoms with Gasteiger partial charge in [0.1, 0.15) is 6.29 Å². The Morgan fingerprint density at radius 1 is 1.40 bits per heavy atom. The summed E-state index contributed by atoms with van der Waals surface area (Å²) in [6.45, 7) is 5.25. The fourth-order valence-electron chi connectivity index (χ4n) is 2.68. The van der Waals surface area contributed by atoms with Gasteiger partial charge in [-0.1, -0.05) is 0 Å². The normalized spacial score (nSPS) is 38.1. The van der Waals surface area contributed by atoms with Crippen LogP contribution in [0.15, 0.2) is 0 Å². The lowest BCUT2D eigenvalue weighted by atomic mass is 9.99. The van der Waals surface area contributed by atoms with Crippen molar-refractivity contribution in [1.82, 2.24) is 4.90 Å². The molecule has 2 fully saturated rings. The van der Waals surface area contributed by atoms with E-state index in [-0.39, 0.29) is 5.92 Å². The van der Waals surface area contributed by atoms with E-state index in [1.807, 2.05) is 0 Å². The summed E-state index contributed by atoms with van der Waals surface area (Å²) in [5, 5.41) is 0. The Labute approximate surface area is 91.8 Å². The highest BCUT2D eigenvalue weighted by Crippen LogP contribution is 2.22. The van der Waals surface area contributed by atoms with E-state index in [0.29, 0.717) is 12.2 Å². The van der Waals surface area contributed by atoms with E-state index in [0.717, 1.165) is 38.8 Å². The second-order valence-electron chi connectivity index (χ2n) is 4.94. The predicted octanol–water partition coefficient (Wildman–Crippen LogP) is 1.46. The van der Waals surface area contributed by atoms with E-state index in [1.54, 1.807) is 0 Å². The van der Waals surface area contributed by atoms with Crippen molar-refractivity contribution in [3.05, 3.63) is 0 Å². The van der Waals surface area contributed by atoms with Crippen LogP contribution in [0.25, 0.3) is 0 Å². The molecule has 2 aliphatic heterocycles. The Balaban J connectivity index is 1.76. The minimum Gasteiger partial charge on any atom is -0.374 e. The van der Waals surface area contributed by atoms with Crippen molar-refractivity contribution in [2.24, 2.45) is 5.92 Å². The molecule has 2 heterocycles. The first kappa shape index (κ1) is 11.1. The number of nitrogens with zero attached hydrogens (tertiary/aromatic N) is 1. The summed E-state index contributed by atoms with van der Waals surface area (Å²) in [6.07, 6.45) is 6.56. The number of rotatable bonds is 3. The molecule has 0 aromatic carbocycles. The Morgan fingerprint density at radius 2 is 2.27 bits per heavy atom. The van der Waals surface area contributed by atoms with E-state index in [2.05, 4.69) is 11.8 Å². The fourth-order valence-corrected chi connectivity index (χ4v) is 2.68. The fraction of sp³-hybridized carbons (Fsp3) is 0.917. The molecule has 2 rings (SSSR count). The molecule has 0 amide bonds. The van der Waals surface area contributed by atoms with Gasteiger partial charge in [-0.3, -0.25) is 0 Å². The molecule has 0 N–H and O–H groups in total. The number of piperidine rings is 1. The molecule has 3 atom stereocenters. The second kappa shape index (κ2) is 5.08. The maximum Gasteiger partial charge on any atom is 0.124 e. The lowest BCUT2D eigenvalue weighted by molar-refractivity contribution is -0.112. The topological polar surface area (TPSA) is 29.5 Å². The molecule has 0 bridgehead atoms. The van der Waals surface area contributed by atoms with Crippen LogP contribution in [0.2, 0.25) is 0 Å². The molecule has 3 heteroatoms. The molecule has 3 unspecified atom stereocenters. The van der Waals surface area contributed by atoms with Gasteiger partial charge in [-0.15, -0.1) is 0 Å². The van der Waals surface area contributed by atoms with Crippen LogP contribution in [-0.2, 0) is 9.53 Å². The quantitative estimate of drug-likeness (QED) is 0.662. The van der Waals surface area contributed by atoms with Crippen molar-refractivity contribution in [2.75, 3.05) is 19.6 Å². The summed E-state index contributed by atoms with van der Waals surface area (Å²) < 4.78 is 5.80. The van der Waals surface area contributed by atoms with E-state index in [9.17, 15) is 4.79 Å². The van der Waals surface area contributed by atoms with Crippen LogP contribution in [0.3, 0.4) is 0 Å². The third kappa shape index (κ3) is 3.02. The van der Waals surface area contributed by atoms with Gasteiger partial charge in [0.15, 0.2) is 0 Å². The molecule has 2 aliphatic rings. The number of hydrogen-bond acceptors (Lipinski definition) is 3. The largest absolute Gasteiger partial charge is 0.374 e. The van der Waals surface area contributed by atoms with Crippen molar-refractivity contribution in [1.29, 1.82) is 0 Å². The van der Waals surface area contributed by atoms with Gasteiger partial charge in [0.05, 0.1) is 12.2 Å². The van der Waals surface area contributed by atoms with Crippen LogP contribution in [-0.4, -0.2) is 43.0 Å². The van der Waals surface area contributed by atoms with E-state index in [4.69, 9.17) is 4.74 Å². The van der Waals surface area contributed by atoms with Crippen LogP contribution >= 0.6 is 0 Å². The highest BCUT2D eigenvalue weighted by atomic mass is 16.5. The van der Waals surface area contributed by atoms with Gasteiger partial charge in [-0.25, -0.2) is 0 Å². The van der Waals surface area contributed by atoms with Gasteiger partial charge in [0.25, 0.3) is 0 Å². The van der Waals surface area contributed by atoms with Gasteiger partial charge in [0.2, 0.25) is 0 Å². The maximum absolute atomic E-state index is 10.7. The molecule has 3 nitrogen and oxygen atoms in total. The number of carbonyl (C=O) groups is 1. The lowest BCUT2D eigenvalue weighted by Crippen LogP contribution is -2.40. The van der Waals surface area contributed by atoms with Crippen LogP contribution in [0.1, 0.15) is 32.6 Å². The average Bonchev–Trinajstić information content (AvgIpc) is 2.64. The molecule has 15 heavy (non-hydrogen) atoms. The summed E-state index contributed by atoms with van der Waals surface area (Å²) in [5.74, 6) is 0.262. The Bertz CT molecular complexity index is 220. The highest BCUT2D eigenvalue weighted by Gasteiger charge is 2.26. The van der Waals surface area contributed by atoms with E-state index >= 15 is 0 Å². The number of aldehydes is 1. The highest BCUT2D eigenvalue weighted by molar-refractivity contribution is 5.53. The summed E-state index contributed by atoms with van der Waals surface area (Å²) in [5.41, 5.74) is 0. The van der Waals surface area contributed by atoms with Gasteiger partial charge < -0.3 is 14.4 Å². The van der Waals surface area contributed by atoms with Crippen molar-refractivity contribution in [3.63, 3.8) is 0 Å². The molecule has 2 saturated heterocycles. The minimum atomic E-state index is 0.262. The number of carbonyl (C=O) groups excluding carboxylic acids is 1. The zero-order valence-corrected chi connectivity index (χ0v) is 9.52. The van der Waals surface area contributed by atoms with Crippen molar-refractivity contribution >= 4 is 6.29 Å². The van der Waals surface area contributed by atoms with Gasteiger partial charge in [-0.05, 0) is 39.2 Å². The first-order valence-corrected chi connectivity index (χ1v) is 6.11. The van der Waals surface area contributed by atoms with Gasteiger partial charge >= 0.3 is 0 Å². The molecule has 0 aliphatic carbocycles. The smallest absolute Gasteiger partial charge is 0.124 e. The number of likely N-dealkylation sites (tertiary alicyclic amines) is 1. The van der Waals surface area contributed by atoms with Crippen LogP contribution in [0.5, 0.6) is 0 Å².